The van der Waals surface area contributed by atoms with Crippen molar-refractivity contribution >= 4 is 39.1 Å². The van der Waals surface area contributed by atoms with E-state index in [2.05, 4.69) is 22.9 Å². The molecule has 3 aromatic rings. The van der Waals surface area contributed by atoms with Gasteiger partial charge < -0.3 is 9.47 Å². The van der Waals surface area contributed by atoms with Gasteiger partial charge in [0.15, 0.2) is 5.78 Å². The Labute approximate surface area is 184 Å². The predicted octanol–water partition coefficient (Wildman–Crippen LogP) is 6.95. The van der Waals surface area contributed by atoms with E-state index in [4.69, 9.17) is 9.47 Å². The standard InChI is InChI=1S/C24H23BrO3S/c1-3-4-21-11-14-24(29-21)22(26)12-5-17-6-13-23(27-2)18(15-17)16-28-20-9-7-19(25)8-10-20/h5-15H,3-4,16H2,1-2H3/b12-5+. The van der Waals surface area contributed by atoms with Crippen molar-refractivity contribution in [2.24, 2.45) is 0 Å². The second-order valence-electron chi connectivity index (χ2n) is 6.53. The molecule has 0 atom stereocenters. The number of allylic oxidation sites excluding steroid dienone is 1. The Hall–Kier alpha value is -2.37. The minimum absolute atomic E-state index is 0.0285. The van der Waals surface area contributed by atoms with Gasteiger partial charge in [-0.2, -0.15) is 0 Å². The lowest BCUT2D eigenvalue weighted by Gasteiger charge is -2.11. The topological polar surface area (TPSA) is 35.5 Å². The minimum Gasteiger partial charge on any atom is -0.496 e. The van der Waals surface area contributed by atoms with Gasteiger partial charge in [-0.3, -0.25) is 4.79 Å². The summed E-state index contributed by atoms with van der Waals surface area (Å²) in [5, 5.41) is 0. The van der Waals surface area contributed by atoms with Crippen molar-refractivity contribution in [2.45, 2.75) is 26.4 Å². The maximum absolute atomic E-state index is 12.5. The van der Waals surface area contributed by atoms with E-state index >= 15 is 0 Å². The average molecular weight is 471 g/mol. The predicted molar refractivity (Wildman–Crippen MR) is 123 cm³/mol. The highest BCUT2D eigenvalue weighted by Gasteiger charge is 2.08. The molecule has 0 fully saturated rings. The highest BCUT2D eigenvalue weighted by atomic mass is 79.9. The summed E-state index contributed by atoms with van der Waals surface area (Å²) in [7, 11) is 1.64. The third-order valence-corrected chi connectivity index (χ3v) is 6.03. The SMILES string of the molecule is CCCc1ccc(C(=O)/C=C/c2ccc(OC)c(COc3ccc(Br)cc3)c2)s1. The number of benzene rings is 2. The molecule has 0 aliphatic rings. The van der Waals surface area contributed by atoms with Gasteiger partial charge in [-0.1, -0.05) is 41.4 Å². The van der Waals surface area contributed by atoms with E-state index in [0.717, 1.165) is 44.8 Å². The van der Waals surface area contributed by atoms with Crippen molar-refractivity contribution in [3.05, 3.63) is 86.0 Å². The van der Waals surface area contributed by atoms with Crippen LogP contribution in [-0.2, 0) is 13.0 Å². The maximum Gasteiger partial charge on any atom is 0.195 e. The monoisotopic (exact) mass is 470 g/mol. The molecule has 3 nitrogen and oxygen atoms in total. The lowest BCUT2D eigenvalue weighted by molar-refractivity contribution is 0.105. The zero-order chi connectivity index (χ0) is 20.6. The summed E-state index contributed by atoms with van der Waals surface area (Å²) in [4.78, 5) is 14.5. The molecule has 0 spiro atoms. The molecule has 0 bridgehead atoms. The number of ether oxygens (including phenoxy) is 2. The number of hydrogen-bond donors (Lipinski definition) is 0. The lowest BCUT2D eigenvalue weighted by Crippen LogP contribution is -1.99. The smallest absolute Gasteiger partial charge is 0.195 e. The Morgan fingerprint density at radius 3 is 2.62 bits per heavy atom. The van der Waals surface area contributed by atoms with Crippen LogP contribution in [0.1, 0.15) is 39.0 Å². The quantitative estimate of drug-likeness (QED) is 0.250. The number of carbonyl (C=O) groups excluding carboxylic acids is 1. The van der Waals surface area contributed by atoms with Crippen LogP contribution in [0, 0.1) is 0 Å². The number of methoxy groups -OCH3 is 1. The number of hydrogen-bond acceptors (Lipinski definition) is 4. The fourth-order valence-electron chi connectivity index (χ4n) is 2.85. The van der Waals surface area contributed by atoms with Crippen LogP contribution in [0.15, 0.2) is 65.1 Å². The molecule has 0 unspecified atom stereocenters. The third kappa shape index (κ3) is 6.05. The van der Waals surface area contributed by atoms with Crippen molar-refractivity contribution in [1.29, 1.82) is 0 Å². The van der Waals surface area contributed by atoms with E-state index in [1.54, 1.807) is 24.5 Å². The van der Waals surface area contributed by atoms with Crippen LogP contribution in [0.4, 0.5) is 0 Å². The van der Waals surface area contributed by atoms with E-state index in [-0.39, 0.29) is 5.78 Å². The van der Waals surface area contributed by atoms with E-state index in [0.29, 0.717) is 6.61 Å². The molecule has 3 rings (SSSR count). The molecule has 0 aliphatic carbocycles. The summed E-state index contributed by atoms with van der Waals surface area (Å²) in [6, 6.07) is 17.5. The zero-order valence-electron chi connectivity index (χ0n) is 16.5. The van der Waals surface area contributed by atoms with E-state index < -0.39 is 0 Å². The number of carbonyl (C=O) groups is 1. The van der Waals surface area contributed by atoms with E-state index in [1.807, 2.05) is 60.7 Å². The summed E-state index contributed by atoms with van der Waals surface area (Å²) in [6.45, 7) is 2.52. The van der Waals surface area contributed by atoms with Gasteiger partial charge in [-0.15, -0.1) is 11.3 Å². The minimum atomic E-state index is 0.0285. The molecule has 0 amide bonds. The van der Waals surface area contributed by atoms with Crippen LogP contribution in [0.2, 0.25) is 0 Å². The Bertz CT molecular complexity index is 990. The van der Waals surface area contributed by atoms with Gasteiger partial charge in [0.05, 0.1) is 12.0 Å². The molecule has 0 N–H and O–H groups in total. The van der Waals surface area contributed by atoms with E-state index in [1.165, 1.54) is 4.88 Å². The number of aryl methyl sites for hydroxylation is 1. The Kier molecular flexibility index (Phi) is 7.67. The summed E-state index contributed by atoms with van der Waals surface area (Å²) in [5.41, 5.74) is 1.85. The fourth-order valence-corrected chi connectivity index (χ4v) is 4.15. The van der Waals surface area contributed by atoms with Crippen LogP contribution in [0.5, 0.6) is 11.5 Å². The first-order valence-corrected chi connectivity index (χ1v) is 11.1. The largest absolute Gasteiger partial charge is 0.496 e. The second kappa shape index (κ2) is 10.4. The maximum atomic E-state index is 12.5. The molecular formula is C24H23BrO3S. The van der Waals surface area contributed by atoms with Gasteiger partial charge in [0.1, 0.15) is 18.1 Å². The molecule has 5 heteroatoms. The second-order valence-corrected chi connectivity index (χ2v) is 8.61. The lowest BCUT2D eigenvalue weighted by atomic mass is 10.1. The van der Waals surface area contributed by atoms with Gasteiger partial charge >= 0.3 is 0 Å². The molecule has 150 valence electrons. The summed E-state index contributed by atoms with van der Waals surface area (Å²) in [6.07, 6.45) is 5.57. The number of ketones is 1. The molecular weight excluding hydrogens is 448 g/mol. The van der Waals surface area contributed by atoms with Crippen LogP contribution in [0.3, 0.4) is 0 Å². The number of thiophene rings is 1. The van der Waals surface area contributed by atoms with Crippen LogP contribution in [0.25, 0.3) is 6.08 Å². The third-order valence-electron chi connectivity index (χ3n) is 4.34. The van der Waals surface area contributed by atoms with Gasteiger partial charge in [0, 0.05) is 14.9 Å². The molecule has 0 aliphatic heterocycles. The summed E-state index contributed by atoms with van der Waals surface area (Å²) in [5.74, 6) is 1.57. The molecule has 2 aromatic carbocycles. The Balaban J connectivity index is 1.70. The fraction of sp³-hybridized carbons (Fsp3) is 0.208. The van der Waals surface area contributed by atoms with Crippen LogP contribution >= 0.6 is 27.3 Å². The average Bonchev–Trinajstić information content (AvgIpc) is 3.20. The van der Waals surface area contributed by atoms with Crippen LogP contribution < -0.4 is 9.47 Å². The molecule has 0 saturated heterocycles. The number of halogens is 1. The first kappa shape index (κ1) is 21.3. The van der Waals surface area contributed by atoms with Gasteiger partial charge in [0.25, 0.3) is 0 Å². The highest BCUT2D eigenvalue weighted by Crippen LogP contribution is 2.24. The first-order chi connectivity index (χ1) is 14.1. The Morgan fingerprint density at radius 1 is 1.10 bits per heavy atom. The van der Waals surface area contributed by atoms with Crippen molar-refractivity contribution < 1.29 is 14.3 Å². The van der Waals surface area contributed by atoms with E-state index in [9.17, 15) is 4.79 Å². The molecule has 0 saturated carbocycles. The molecule has 1 heterocycles. The van der Waals surface area contributed by atoms with Gasteiger partial charge in [-0.25, -0.2) is 0 Å². The normalized spacial score (nSPS) is 11.0. The van der Waals surface area contributed by atoms with Crippen molar-refractivity contribution in [1.82, 2.24) is 0 Å². The zero-order valence-corrected chi connectivity index (χ0v) is 18.9. The highest BCUT2D eigenvalue weighted by molar-refractivity contribution is 9.10. The molecule has 1 aromatic heterocycles. The first-order valence-electron chi connectivity index (χ1n) is 9.45. The van der Waals surface area contributed by atoms with Gasteiger partial charge in [-0.05, 0) is 66.6 Å². The summed E-state index contributed by atoms with van der Waals surface area (Å²) < 4.78 is 12.3. The summed E-state index contributed by atoms with van der Waals surface area (Å²) >= 11 is 4.99. The van der Waals surface area contributed by atoms with Gasteiger partial charge in [0.2, 0.25) is 0 Å². The van der Waals surface area contributed by atoms with Crippen molar-refractivity contribution in [3.63, 3.8) is 0 Å². The van der Waals surface area contributed by atoms with Crippen molar-refractivity contribution in [3.8, 4) is 11.5 Å². The van der Waals surface area contributed by atoms with Crippen molar-refractivity contribution in [2.75, 3.05) is 7.11 Å². The molecule has 29 heavy (non-hydrogen) atoms. The number of rotatable bonds is 9. The Morgan fingerprint density at radius 2 is 1.90 bits per heavy atom. The molecule has 0 radical (unpaired) electrons. The van der Waals surface area contributed by atoms with Crippen LogP contribution in [-0.4, -0.2) is 12.9 Å².